The Balaban J connectivity index is 1.74. The van der Waals surface area contributed by atoms with Gasteiger partial charge in [-0.25, -0.2) is 9.50 Å². The van der Waals surface area contributed by atoms with Crippen LogP contribution in [0.4, 0.5) is 0 Å². The summed E-state index contributed by atoms with van der Waals surface area (Å²) in [5.74, 6) is 0.495. The zero-order chi connectivity index (χ0) is 20.0. The van der Waals surface area contributed by atoms with Crippen LogP contribution in [0.3, 0.4) is 0 Å². The van der Waals surface area contributed by atoms with Crippen molar-refractivity contribution in [1.29, 1.82) is 0 Å². The van der Waals surface area contributed by atoms with Crippen molar-refractivity contribution in [3.63, 3.8) is 0 Å². The van der Waals surface area contributed by atoms with Crippen LogP contribution >= 0.6 is 11.6 Å². The summed E-state index contributed by atoms with van der Waals surface area (Å²) >= 11 is 6.12. The fraction of sp³-hybridized carbons (Fsp3) is 0.381. The van der Waals surface area contributed by atoms with Crippen LogP contribution in [0.1, 0.15) is 37.4 Å². The lowest BCUT2D eigenvalue weighted by molar-refractivity contribution is -0.128. The van der Waals surface area contributed by atoms with Gasteiger partial charge in [0.1, 0.15) is 0 Å². The first kappa shape index (κ1) is 18.7. The summed E-state index contributed by atoms with van der Waals surface area (Å²) in [6.45, 7) is 7.47. The van der Waals surface area contributed by atoms with E-state index in [1.54, 1.807) is 6.07 Å². The zero-order valence-electron chi connectivity index (χ0n) is 16.2. The number of hydrogen-bond donors (Lipinski definition) is 1. The smallest absolute Gasteiger partial charge is 0.272 e. The van der Waals surface area contributed by atoms with Crippen molar-refractivity contribution in [1.82, 2.24) is 19.5 Å². The molecule has 0 bridgehead atoms. The number of halogens is 1. The van der Waals surface area contributed by atoms with E-state index in [1.807, 2.05) is 36.1 Å². The molecule has 3 aromatic rings. The average Bonchev–Trinajstić information content (AvgIpc) is 3.16. The molecule has 1 atom stereocenters. The maximum atomic E-state index is 12.7. The van der Waals surface area contributed by atoms with E-state index in [9.17, 15) is 9.59 Å². The second kappa shape index (κ2) is 7.09. The highest BCUT2D eigenvalue weighted by atomic mass is 35.5. The Morgan fingerprint density at radius 1 is 1.29 bits per heavy atom. The normalized spacial score (nSPS) is 17.2. The molecule has 28 heavy (non-hydrogen) atoms. The van der Waals surface area contributed by atoms with Crippen molar-refractivity contribution in [2.24, 2.45) is 5.92 Å². The first-order valence-electron chi connectivity index (χ1n) is 9.49. The molecule has 1 aliphatic heterocycles. The van der Waals surface area contributed by atoms with E-state index in [1.165, 1.54) is 4.52 Å². The van der Waals surface area contributed by atoms with Crippen molar-refractivity contribution < 1.29 is 4.79 Å². The third-order valence-corrected chi connectivity index (χ3v) is 5.44. The van der Waals surface area contributed by atoms with E-state index >= 15 is 0 Å². The van der Waals surface area contributed by atoms with Crippen molar-refractivity contribution >= 4 is 23.2 Å². The maximum Gasteiger partial charge on any atom is 0.272 e. The number of fused-ring (bicyclic) bond motifs is 1. The molecule has 0 radical (unpaired) electrons. The summed E-state index contributed by atoms with van der Waals surface area (Å²) in [6, 6.07) is 9.02. The highest BCUT2D eigenvalue weighted by Crippen LogP contribution is 2.29. The van der Waals surface area contributed by atoms with Gasteiger partial charge in [0.25, 0.3) is 5.56 Å². The molecular formula is C21H23ClN4O2. The Hall–Kier alpha value is -2.60. The van der Waals surface area contributed by atoms with Gasteiger partial charge in [-0.1, -0.05) is 37.6 Å². The minimum atomic E-state index is -0.175. The number of H-pyrrole nitrogens is 1. The number of likely N-dealkylation sites (tertiary alicyclic amines) is 1. The lowest BCUT2D eigenvalue weighted by Gasteiger charge is -2.18. The third-order valence-electron chi connectivity index (χ3n) is 5.20. The van der Waals surface area contributed by atoms with E-state index in [0.717, 1.165) is 23.4 Å². The molecular weight excluding hydrogens is 376 g/mol. The highest BCUT2D eigenvalue weighted by Gasteiger charge is 2.32. The fourth-order valence-electron chi connectivity index (χ4n) is 3.89. The molecule has 0 saturated carbocycles. The zero-order valence-corrected chi connectivity index (χ0v) is 17.0. The number of rotatable bonds is 4. The van der Waals surface area contributed by atoms with Crippen molar-refractivity contribution in [2.75, 3.05) is 13.1 Å². The number of aryl methyl sites for hydroxylation is 1. The molecule has 2 aromatic heterocycles. The Bertz CT molecular complexity index is 1120. The lowest BCUT2D eigenvalue weighted by Crippen LogP contribution is -2.29. The standard InChI is InChI=1S/C21H23ClN4O2/c1-12(2)10-25-11-15(8-18(25)27)17-9-19(28)26-21(23-17)13(3)20(24-26)14-5-4-6-16(22)7-14/h4-7,9,12,15,24H,8,10-11H2,1-3H3/t15-/m1/s1. The van der Waals surface area contributed by atoms with Gasteiger partial charge in [0.15, 0.2) is 5.65 Å². The largest absolute Gasteiger partial charge is 0.342 e. The molecule has 0 unspecified atom stereocenters. The molecule has 0 spiro atoms. The number of hydrogen-bond acceptors (Lipinski definition) is 3. The van der Waals surface area contributed by atoms with Crippen molar-refractivity contribution in [3.05, 3.63) is 57.0 Å². The number of nitrogens with zero attached hydrogens (tertiary/aromatic N) is 3. The Morgan fingerprint density at radius 2 is 2.07 bits per heavy atom. The monoisotopic (exact) mass is 398 g/mol. The van der Waals surface area contributed by atoms with Gasteiger partial charge in [-0.05, 0) is 25.0 Å². The molecule has 1 N–H and O–H groups in total. The van der Waals surface area contributed by atoms with E-state index in [0.29, 0.717) is 35.2 Å². The fourth-order valence-corrected chi connectivity index (χ4v) is 4.08. The number of aromatic nitrogens is 3. The average molecular weight is 399 g/mol. The molecule has 6 nitrogen and oxygen atoms in total. The van der Waals surface area contributed by atoms with Crippen LogP contribution in [0.15, 0.2) is 35.1 Å². The topological polar surface area (TPSA) is 70.5 Å². The van der Waals surface area contributed by atoms with Gasteiger partial charge >= 0.3 is 0 Å². The van der Waals surface area contributed by atoms with E-state index in [-0.39, 0.29) is 17.4 Å². The maximum absolute atomic E-state index is 12.7. The van der Waals surface area contributed by atoms with Crippen LogP contribution < -0.4 is 5.56 Å². The number of aromatic amines is 1. The molecule has 1 saturated heterocycles. The number of benzene rings is 1. The quantitative estimate of drug-likeness (QED) is 0.729. The van der Waals surface area contributed by atoms with Crippen LogP contribution in [-0.2, 0) is 4.79 Å². The summed E-state index contributed by atoms with van der Waals surface area (Å²) in [5, 5.41) is 3.77. The number of carbonyl (C=O) groups excluding carboxylic acids is 1. The number of carbonyl (C=O) groups is 1. The van der Waals surface area contributed by atoms with Crippen molar-refractivity contribution in [2.45, 2.75) is 33.1 Å². The van der Waals surface area contributed by atoms with E-state index < -0.39 is 0 Å². The molecule has 4 rings (SSSR count). The van der Waals surface area contributed by atoms with Crippen LogP contribution in [0.5, 0.6) is 0 Å². The molecule has 1 aliphatic rings. The van der Waals surface area contributed by atoms with Crippen LogP contribution in [0.25, 0.3) is 16.9 Å². The first-order valence-corrected chi connectivity index (χ1v) is 9.87. The molecule has 1 amide bonds. The lowest BCUT2D eigenvalue weighted by atomic mass is 10.0. The third kappa shape index (κ3) is 3.33. The molecule has 146 valence electrons. The minimum absolute atomic E-state index is 0.0483. The molecule has 1 aromatic carbocycles. The van der Waals surface area contributed by atoms with Gasteiger partial charge in [-0.2, -0.15) is 0 Å². The van der Waals surface area contributed by atoms with Crippen LogP contribution in [-0.4, -0.2) is 38.5 Å². The van der Waals surface area contributed by atoms with Gasteiger partial charge in [0, 0.05) is 47.6 Å². The predicted octanol–water partition coefficient (Wildman–Crippen LogP) is 3.62. The van der Waals surface area contributed by atoms with Crippen LogP contribution in [0.2, 0.25) is 5.02 Å². The second-order valence-electron chi connectivity index (χ2n) is 7.89. The SMILES string of the molecule is Cc1c(-c2cccc(Cl)c2)[nH]n2c(=O)cc([C@@H]3CC(=O)N(CC(C)C)C3)nc12. The predicted molar refractivity (Wildman–Crippen MR) is 110 cm³/mol. The van der Waals surface area contributed by atoms with E-state index in [4.69, 9.17) is 16.6 Å². The van der Waals surface area contributed by atoms with Gasteiger partial charge in [-0.15, -0.1) is 0 Å². The Morgan fingerprint density at radius 3 is 2.79 bits per heavy atom. The first-order chi connectivity index (χ1) is 13.3. The summed E-state index contributed by atoms with van der Waals surface area (Å²) in [4.78, 5) is 31.7. The molecule has 1 fully saturated rings. The number of amides is 1. The second-order valence-corrected chi connectivity index (χ2v) is 8.33. The van der Waals surface area contributed by atoms with Gasteiger partial charge < -0.3 is 4.90 Å². The van der Waals surface area contributed by atoms with Gasteiger partial charge in [-0.3, -0.25) is 14.7 Å². The van der Waals surface area contributed by atoms with Crippen LogP contribution in [0, 0.1) is 12.8 Å². The van der Waals surface area contributed by atoms with Crippen molar-refractivity contribution in [3.8, 4) is 11.3 Å². The number of nitrogens with one attached hydrogen (secondary N) is 1. The van der Waals surface area contributed by atoms with Gasteiger partial charge in [0.2, 0.25) is 5.91 Å². The molecule has 0 aliphatic carbocycles. The summed E-state index contributed by atoms with van der Waals surface area (Å²) in [6.07, 6.45) is 0.403. The summed E-state index contributed by atoms with van der Waals surface area (Å²) < 4.78 is 1.46. The van der Waals surface area contributed by atoms with E-state index in [2.05, 4.69) is 18.9 Å². The summed E-state index contributed by atoms with van der Waals surface area (Å²) in [7, 11) is 0. The Kier molecular flexibility index (Phi) is 4.75. The Labute approximate surface area is 168 Å². The molecule has 3 heterocycles. The minimum Gasteiger partial charge on any atom is -0.342 e. The highest BCUT2D eigenvalue weighted by molar-refractivity contribution is 6.30. The summed E-state index contributed by atoms with van der Waals surface area (Å²) in [5.41, 5.74) is 3.69. The molecule has 7 heteroatoms. The van der Waals surface area contributed by atoms with Gasteiger partial charge in [0.05, 0.1) is 11.4 Å².